The molecule has 0 aromatic heterocycles. The average molecular weight is 326 g/mol. The summed E-state index contributed by atoms with van der Waals surface area (Å²) in [5.41, 5.74) is 1.69. The van der Waals surface area contributed by atoms with Gasteiger partial charge in [-0.3, -0.25) is 4.79 Å². The molecule has 1 amide bonds. The van der Waals surface area contributed by atoms with E-state index in [0.29, 0.717) is 18.4 Å². The molecule has 2 rings (SSSR count). The lowest BCUT2D eigenvalue weighted by Gasteiger charge is -2.18. The first kappa shape index (κ1) is 14.5. The van der Waals surface area contributed by atoms with Crippen LogP contribution in [0.5, 0.6) is 0 Å². The Balaban J connectivity index is 1.94. The van der Waals surface area contributed by atoms with E-state index in [1.54, 1.807) is 0 Å². The number of benzene rings is 1. The average Bonchev–Trinajstić information content (AvgIpc) is 2.83. The second-order valence-corrected chi connectivity index (χ2v) is 6.22. The van der Waals surface area contributed by atoms with Crippen LogP contribution in [-0.2, 0) is 0 Å². The number of rotatable bonds is 4. The molecule has 1 aliphatic rings. The summed E-state index contributed by atoms with van der Waals surface area (Å²) < 4.78 is 0.984. The summed E-state index contributed by atoms with van der Waals surface area (Å²) in [6.45, 7) is 2.84. The monoisotopic (exact) mass is 325 g/mol. The van der Waals surface area contributed by atoms with Gasteiger partial charge in [-0.2, -0.15) is 0 Å². The number of halogens is 1. The van der Waals surface area contributed by atoms with E-state index in [4.69, 9.17) is 0 Å². The number of aliphatic hydroxyl groups excluding tert-OH is 1. The fraction of sp³-hybridized carbons (Fsp3) is 0.533. The standard InChI is InChI=1S/C15H20BrNO2/c1-10-7-13(16)5-6-14(10)15(19)17-8-11-3-2-4-12(11)9-18/h5-7,11-12,18H,2-4,8-9H2,1H3,(H,17,19). The minimum atomic E-state index is -0.0198. The maximum absolute atomic E-state index is 12.1. The Morgan fingerprint density at radius 3 is 2.84 bits per heavy atom. The van der Waals surface area contributed by atoms with Crippen molar-refractivity contribution in [1.29, 1.82) is 0 Å². The highest BCUT2D eigenvalue weighted by Crippen LogP contribution is 2.30. The molecule has 3 nitrogen and oxygen atoms in total. The van der Waals surface area contributed by atoms with Gasteiger partial charge in [0, 0.05) is 23.2 Å². The van der Waals surface area contributed by atoms with E-state index in [9.17, 15) is 9.90 Å². The summed E-state index contributed by atoms with van der Waals surface area (Å²) in [6.07, 6.45) is 3.34. The van der Waals surface area contributed by atoms with E-state index >= 15 is 0 Å². The minimum Gasteiger partial charge on any atom is -0.396 e. The first-order chi connectivity index (χ1) is 9.11. The zero-order valence-corrected chi connectivity index (χ0v) is 12.7. The highest BCUT2D eigenvalue weighted by atomic mass is 79.9. The quantitative estimate of drug-likeness (QED) is 0.894. The van der Waals surface area contributed by atoms with Crippen LogP contribution in [0.25, 0.3) is 0 Å². The number of hydrogen-bond donors (Lipinski definition) is 2. The first-order valence-corrected chi connectivity index (χ1v) is 7.56. The van der Waals surface area contributed by atoms with Gasteiger partial charge in [0.05, 0.1) is 0 Å². The summed E-state index contributed by atoms with van der Waals surface area (Å²) in [6, 6.07) is 5.67. The Morgan fingerprint density at radius 2 is 2.16 bits per heavy atom. The van der Waals surface area contributed by atoms with E-state index in [2.05, 4.69) is 21.2 Å². The van der Waals surface area contributed by atoms with Crippen LogP contribution in [-0.4, -0.2) is 24.2 Å². The number of aliphatic hydroxyl groups is 1. The Hall–Kier alpha value is -0.870. The van der Waals surface area contributed by atoms with E-state index in [-0.39, 0.29) is 12.5 Å². The normalized spacial score (nSPS) is 22.5. The lowest BCUT2D eigenvalue weighted by Crippen LogP contribution is -2.32. The SMILES string of the molecule is Cc1cc(Br)ccc1C(=O)NCC1CCCC1CO. The van der Waals surface area contributed by atoms with E-state index in [1.807, 2.05) is 25.1 Å². The third-order valence-corrected chi connectivity index (χ3v) is 4.50. The number of carbonyl (C=O) groups excluding carboxylic acids is 1. The maximum Gasteiger partial charge on any atom is 0.251 e. The highest BCUT2D eigenvalue weighted by Gasteiger charge is 2.26. The molecule has 0 spiro atoms. The summed E-state index contributed by atoms with van der Waals surface area (Å²) in [5.74, 6) is 0.754. The van der Waals surface area contributed by atoms with Crippen molar-refractivity contribution in [1.82, 2.24) is 5.32 Å². The third kappa shape index (κ3) is 3.57. The molecule has 0 aliphatic heterocycles. The number of hydrogen-bond acceptors (Lipinski definition) is 2. The van der Waals surface area contributed by atoms with Crippen molar-refractivity contribution in [3.05, 3.63) is 33.8 Å². The van der Waals surface area contributed by atoms with Gasteiger partial charge in [-0.15, -0.1) is 0 Å². The number of amides is 1. The molecule has 1 aliphatic carbocycles. The molecule has 1 fully saturated rings. The van der Waals surface area contributed by atoms with Crippen molar-refractivity contribution in [2.75, 3.05) is 13.2 Å². The lowest BCUT2D eigenvalue weighted by atomic mass is 9.97. The van der Waals surface area contributed by atoms with Gasteiger partial charge in [-0.1, -0.05) is 22.4 Å². The van der Waals surface area contributed by atoms with Gasteiger partial charge in [0.2, 0.25) is 0 Å². The van der Waals surface area contributed by atoms with Gasteiger partial charge < -0.3 is 10.4 Å². The van der Waals surface area contributed by atoms with Crippen LogP contribution in [0.4, 0.5) is 0 Å². The van der Waals surface area contributed by atoms with E-state index < -0.39 is 0 Å². The van der Waals surface area contributed by atoms with Crippen LogP contribution in [0, 0.1) is 18.8 Å². The molecule has 104 valence electrons. The van der Waals surface area contributed by atoms with Gasteiger partial charge in [-0.05, 0) is 55.4 Å². The molecule has 2 unspecified atom stereocenters. The van der Waals surface area contributed by atoms with Crippen molar-refractivity contribution < 1.29 is 9.90 Å². The van der Waals surface area contributed by atoms with Gasteiger partial charge in [-0.25, -0.2) is 0 Å². The number of aryl methyl sites for hydroxylation is 1. The Bertz CT molecular complexity index is 461. The predicted octanol–water partition coefficient (Wildman–Crippen LogP) is 2.90. The van der Waals surface area contributed by atoms with Crippen LogP contribution in [0.2, 0.25) is 0 Å². The number of carbonyl (C=O) groups is 1. The van der Waals surface area contributed by atoms with Gasteiger partial charge in [0.15, 0.2) is 0 Å². The van der Waals surface area contributed by atoms with Gasteiger partial charge in [0.1, 0.15) is 0 Å². The van der Waals surface area contributed by atoms with Crippen molar-refractivity contribution in [3.63, 3.8) is 0 Å². The minimum absolute atomic E-state index is 0.0198. The molecule has 2 N–H and O–H groups in total. The topological polar surface area (TPSA) is 49.3 Å². The molecule has 1 saturated carbocycles. The molecular weight excluding hydrogens is 306 g/mol. The van der Waals surface area contributed by atoms with E-state index in [1.165, 1.54) is 0 Å². The van der Waals surface area contributed by atoms with Gasteiger partial charge in [0.25, 0.3) is 5.91 Å². The molecule has 1 aromatic carbocycles. The zero-order valence-electron chi connectivity index (χ0n) is 11.2. The van der Waals surface area contributed by atoms with Crippen molar-refractivity contribution in [2.45, 2.75) is 26.2 Å². The predicted molar refractivity (Wildman–Crippen MR) is 79.1 cm³/mol. The fourth-order valence-electron chi connectivity index (χ4n) is 2.82. The van der Waals surface area contributed by atoms with Gasteiger partial charge >= 0.3 is 0 Å². The summed E-state index contributed by atoms with van der Waals surface area (Å²) in [5, 5.41) is 12.3. The smallest absolute Gasteiger partial charge is 0.251 e. The van der Waals surface area contributed by atoms with Crippen molar-refractivity contribution >= 4 is 21.8 Å². The lowest BCUT2D eigenvalue weighted by molar-refractivity contribution is 0.0937. The van der Waals surface area contributed by atoms with Crippen LogP contribution in [0.3, 0.4) is 0 Å². The van der Waals surface area contributed by atoms with Crippen LogP contribution >= 0.6 is 15.9 Å². The second kappa shape index (κ2) is 6.53. The van der Waals surface area contributed by atoms with Crippen molar-refractivity contribution in [3.8, 4) is 0 Å². The molecule has 4 heteroatoms. The molecular formula is C15H20BrNO2. The largest absolute Gasteiger partial charge is 0.396 e. The zero-order chi connectivity index (χ0) is 13.8. The third-order valence-electron chi connectivity index (χ3n) is 4.01. The Kier molecular flexibility index (Phi) is 4.99. The van der Waals surface area contributed by atoms with Crippen LogP contribution in [0.1, 0.15) is 35.2 Å². The Labute approximate surface area is 122 Å². The van der Waals surface area contributed by atoms with Crippen LogP contribution < -0.4 is 5.32 Å². The van der Waals surface area contributed by atoms with Crippen molar-refractivity contribution in [2.24, 2.45) is 11.8 Å². The van der Waals surface area contributed by atoms with E-state index in [0.717, 1.165) is 34.9 Å². The molecule has 0 saturated heterocycles. The summed E-state index contributed by atoms with van der Waals surface area (Å²) in [4.78, 5) is 12.1. The maximum atomic E-state index is 12.1. The summed E-state index contributed by atoms with van der Waals surface area (Å²) >= 11 is 3.40. The van der Waals surface area contributed by atoms with Crippen LogP contribution in [0.15, 0.2) is 22.7 Å². The molecule has 1 aromatic rings. The second-order valence-electron chi connectivity index (χ2n) is 5.30. The first-order valence-electron chi connectivity index (χ1n) is 6.77. The molecule has 0 heterocycles. The molecule has 19 heavy (non-hydrogen) atoms. The fourth-order valence-corrected chi connectivity index (χ4v) is 3.30. The highest BCUT2D eigenvalue weighted by molar-refractivity contribution is 9.10. The molecule has 0 radical (unpaired) electrons. The number of nitrogens with one attached hydrogen (secondary N) is 1. The Morgan fingerprint density at radius 1 is 1.42 bits per heavy atom. The molecule has 0 bridgehead atoms. The summed E-state index contributed by atoms with van der Waals surface area (Å²) in [7, 11) is 0. The molecule has 2 atom stereocenters.